The van der Waals surface area contributed by atoms with Crippen LogP contribution in [0.25, 0.3) is 0 Å². The summed E-state index contributed by atoms with van der Waals surface area (Å²) in [7, 11) is 2.83. The first-order valence-electron chi connectivity index (χ1n) is 6.71. The molecule has 0 saturated carbocycles. The summed E-state index contributed by atoms with van der Waals surface area (Å²) in [6.07, 6.45) is 0. The lowest BCUT2D eigenvalue weighted by molar-refractivity contribution is -0.119. The smallest absolute Gasteiger partial charge is 0.338 e. The number of esters is 1. The maximum Gasteiger partial charge on any atom is 0.338 e. The minimum absolute atomic E-state index is 0.0324. The molecule has 1 heterocycles. The summed E-state index contributed by atoms with van der Waals surface area (Å²) in [5, 5.41) is 2.78. The van der Waals surface area contributed by atoms with Crippen molar-refractivity contribution in [1.82, 2.24) is 9.97 Å². The SMILES string of the molecule is COc1cc(OC)nc(NC(=O)COC(=O)c2cccc(Cl)c2)n1. The van der Waals surface area contributed by atoms with Gasteiger partial charge < -0.3 is 14.2 Å². The van der Waals surface area contributed by atoms with E-state index in [4.69, 9.17) is 25.8 Å². The van der Waals surface area contributed by atoms with Gasteiger partial charge >= 0.3 is 5.97 Å². The number of amides is 1. The van der Waals surface area contributed by atoms with Crippen LogP contribution in [-0.2, 0) is 9.53 Å². The van der Waals surface area contributed by atoms with Crippen molar-refractivity contribution in [3.05, 3.63) is 40.9 Å². The largest absolute Gasteiger partial charge is 0.481 e. The number of halogens is 1. The van der Waals surface area contributed by atoms with Crippen molar-refractivity contribution in [3.8, 4) is 11.8 Å². The summed E-state index contributed by atoms with van der Waals surface area (Å²) in [5.74, 6) is -0.881. The average molecular weight is 352 g/mol. The van der Waals surface area contributed by atoms with Crippen molar-refractivity contribution < 1.29 is 23.8 Å². The van der Waals surface area contributed by atoms with Gasteiger partial charge in [0.2, 0.25) is 17.7 Å². The number of anilines is 1. The number of hydrogen-bond donors (Lipinski definition) is 1. The maximum absolute atomic E-state index is 11.8. The zero-order valence-corrected chi connectivity index (χ0v) is 13.7. The predicted molar refractivity (Wildman–Crippen MR) is 85.5 cm³/mol. The van der Waals surface area contributed by atoms with Crippen LogP contribution in [0.4, 0.5) is 5.95 Å². The second kappa shape index (κ2) is 8.11. The van der Waals surface area contributed by atoms with E-state index in [1.165, 1.54) is 32.4 Å². The third-order valence-electron chi connectivity index (χ3n) is 2.74. The molecule has 0 unspecified atom stereocenters. The topological polar surface area (TPSA) is 99.6 Å². The number of aromatic nitrogens is 2. The van der Waals surface area contributed by atoms with Crippen LogP contribution in [0.15, 0.2) is 30.3 Å². The molecule has 0 fully saturated rings. The zero-order chi connectivity index (χ0) is 17.5. The first-order valence-corrected chi connectivity index (χ1v) is 7.09. The third-order valence-corrected chi connectivity index (χ3v) is 2.98. The Morgan fingerprint density at radius 3 is 2.38 bits per heavy atom. The van der Waals surface area contributed by atoms with E-state index >= 15 is 0 Å². The Balaban J connectivity index is 1.95. The number of carbonyl (C=O) groups excluding carboxylic acids is 2. The summed E-state index contributed by atoms with van der Waals surface area (Å²) in [5.41, 5.74) is 0.245. The molecule has 2 aromatic rings. The lowest BCUT2D eigenvalue weighted by atomic mass is 10.2. The number of benzene rings is 1. The highest BCUT2D eigenvalue weighted by Crippen LogP contribution is 2.17. The second-order valence-corrected chi connectivity index (χ2v) is 4.85. The highest BCUT2D eigenvalue weighted by Gasteiger charge is 2.13. The van der Waals surface area contributed by atoms with E-state index in [2.05, 4.69) is 15.3 Å². The van der Waals surface area contributed by atoms with Gasteiger partial charge in [-0.2, -0.15) is 9.97 Å². The highest BCUT2D eigenvalue weighted by molar-refractivity contribution is 6.30. The van der Waals surface area contributed by atoms with Gasteiger partial charge in [-0.15, -0.1) is 0 Å². The van der Waals surface area contributed by atoms with Crippen LogP contribution in [0.1, 0.15) is 10.4 Å². The van der Waals surface area contributed by atoms with Gasteiger partial charge in [-0.05, 0) is 18.2 Å². The molecule has 1 N–H and O–H groups in total. The van der Waals surface area contributed by atoms with E-state index in [1.807, 2.05) is 0 Å². The Labute approximate surface area is 142 Å². The predicted octanol–water partition coefficient (Wildman–Crippen LogP) is 1.94. The molecule has 126 valence electrons. The molecule has 1 aromatic heterocycles. The van der Waals surface area contributed by atoms with Crippen molar-refractivity contribution in [2.45, 2.75) is 0 Å². The molecule has 0 spiro atoms. The number of methoxy groups -OCH3 is 2. The van der Waals surface area contributed by atoms with Crippen LogP contribution in [-0.4, -0.2) is 42.7 Å². The third kappa shape index (κ3) is 4.82. The van der Waals surface area contributed by atoms with Gasteiger partial charge in [-0.1, -0.05) is 17.7 Å². The van der Waals surface area contributed by atoms with Crippen LogP contribution < -0.4 is 14.8 Å². The van der Waals surface area contributed by atoms with Gasteiger partial charge in [0.15, 0.2) is 6.61 Å². The summed E-state index contributed by atoms with van der Waals surface area (Å²) in [6.45, 7) is -0.506. The molecule has 0 aliphatic heterocycles. The van der Waals surface area contributed by atoms with E-state index in [0.717, 1.165) is 0 Å². The van der Waals surface area contributed by atoms with Crippen LogP contribution in [0.5, 0.6) is 11.8 Å². The Bertz CT molecular complexity index is 731. The molecule has 0 aliphatic rings. The summed E-state index contributed by atoms with van der Waals surface area (Å²) in [4.78, 5) is 31.5. The molecule has 9 heteroatoms. The van der Waals surface area contributed by atoms with Gasteiger partial charge in [0, 0.05) is 5.02 Å². The maximum atomic E-state index is 11.8. The summed E-state index contributed by atoms with van der Waals surface area (Å²) >= 11 is 5.79. The number of nitrogens with zero attached hydrogens (tertiary/aromatic N) is 2. The van der Waals surface area contributed by atoms with Crippen molar-refractivity contribution in [1.29, 1.82) is 0 Å². The molecule has 0 bridgehead atoms. The minimum Gasteiger partial charge on any atom is -0.481 e. The molecule has 8 nitrogen and oxygen atoms in total. The lowest BCUT2D eigenvalue weighted by Gasteiger charge is -2.08. The van der Waals surface area contributed by atoms with E-state index in [9.17, 15) is 9.59 Å². The Kier molecular flexibility index (Phi) is 5.91. The van der Waals surface area contributed by atoms with Crippen molar-refractivity contribution in [2.24, 2.45) is 0 Å². The molecule has 0 atom stereocenters. The minimum atomic E-state index is -0.670. The molecule has 0 radical (unpaired) electrons. The molecular weight excluding hydrogens is 338 g/mol. The monoisotopic (exact) mass is 351 g/mol. The van der Waals surface area contributed by atoms with Gasteiger partial charge in [-0.25, -0.2) is 4.79 Å². The molecule has 1 amide bonds. The molecule has 24 heavy (non-hydrogen) atoms. The van der Waals surface area contributed by atoms with E-state index in [0.29, 0.717) is 5.02 Å². The summed E-state index contributed by atoms with van der Waals surface area (Å²) < 4.78 is 14.8. The van der Waals surface area contributed by atoms with Crippen LogP contribution in [0.3, 0.4) is 0 Å². The number of carbonyl (C=O) groups is 2. The van der Waals surface area contributed by atoms with Gasteiger partial charge in [0.25, 0.3) is 5.91 Å². The second-order valence-electron chi connectivity index (χ2n) is 4.41. The number of hydrogen-bond acceptors (Lipinski definition) is 7. The van der Waals surface area contributed by atoms with Crippen molar-refractivity contribution in [2.75, 3.05) is 26.1 Å². The quantitative estimate of drug-likeness (QED) is 0.794. The number of nitrogens with one attached hydrogen (secondary N) is 1. The lowest BCUT2D eigenvalue weighted by Crippen LogP contribution is -2.22. The van der Waals surface area contributed by atoms with Crippen molar-refractivity contribution in [3.63, 3.8) is 0 Å². The Hall–Kier alpha value is -2.87. The normalized spacial score (nSPS) is 9.96. The zero-order valence-electron chi connectivity index (χ0n) is 12.9. The fourth-order valence-electron chi connectivity index (χ4n) is 1.66. The highest BCUT2D eigenvalue weighted by atomic mass is 35.5. The molecule has 1 aromatic carbocycles. The molecule has 0 aliphatic carbocycles. The first-order chi connectivity index (χ1) is 11.5. The first kappa shape index (κ1) is 17.5. The van der Waals surface area contributed by atoms with E-state index in [-0.39, 0.29) is 23.3 Å². The molecule has 0 saturated heterocycles. The van der Waals surface area contributed by atoms with Gasteiger partial charge in [0.05, 0.1) is 25.8 Å². The van der Waals surface area contributed by atoms with Crippen LogP contribution >= 0.6 is 11.6 Å². The standard InChI is InChI=1S/C15H14ClN3O5/c1-22-12-7-13(23-2)19-15(18-12)17-11(20)8-24-14(21)9-4-3-5-10(16)6-9/h3-7H,8H2,1-2H3,(H,17,18,19,20). The Morgan fingerprint density at radius 2 is 1.79 bits per heavy atom. The fraction of sp³-hybridized carbons (Fsp3) is 0.200. The molecule has 2 rings (SSSR count). The van der Waals surface area contributed by atoms with Gasteiger partial charge in [-0.3, -0.25) is 10.1 Å². The van der Waals surface area contributed by atoms with E-state index in [1.54, 1.807) is 12.1 Å². The molecular formula is C15H14ClN3O5. The Morgan fingerprint density at radius 1 is 1.12 bits per heavy atom. The number of rotatable bonds is 6. The summed E-state index contributed by atoms with van der Waals surface area (Å²) in [6, 6.07) is 7.66. The van der Waals surface area contributed by atoms with Crippen molar-refractivity contribution >= 4 is 29.4 Å². The average Bonchev–Trinajstić information content (AvgIpc) is 2.59. The van der Waals surface area contributed by atoms with Crippen LogP contribution in [0, 0.1) is 0 Å². The van der Waals surface area contributed by atoms with Crippen LogP contribution in [0.2, 0.25) is 5.02 Å². The van der Waals surface area contributed by atoms with Gasteiger partial charge in [0.1, 0.15) is 0 Å². The fourth-order valence-corrected chi connectivity index (χ4v) is 1.85. The number of ether oxygens (including phenoxy) is 3. The van der Waals surface area contributed by atoms with E-state index < -0.39 is 18.5 Å².